The Kier molecular flexibility index (Phi) is 7.99. The lowest BCUT2D eigenvalue weighted by Crippen LogP contribution is -2.42. The van der Waals surface area contributed by atoms with E-state index in [1.165, 1.54) is 31.1 Å². The number of sulfonamides is 1. The molecule has 0 saturated heterocycles. The van der Waals surface area contributed by atoms with Gasteiger partial charge in [-0.3, -0.25) is 9.10 Å². The highest BCUT2D eigenvalue weighted by Crippen LogP contribution is 2.32. The van der Waals surface area contributed by atoms with Crippen LogP contribution in [0.3, 0.4) is 0 Å². The molecule has 1 amide bonds. The summed E-state index contributed by atoms with van der Waals surface area (Å²) < 4.78 is 34.0. The Hall–Kier alpha value is -3.32. The van der Waals surface area contributed by atoms with Crippen LogP contribution < -0.4 is 14.4 Å². The largest absolute Gasteiger partial charge is 0.495 e. The van der Waals surface area contributed by atoms with E-state index >= 15 is 0 Å². The fourth-order valence-electron chi connectivity index (χ4n) is 4.73. The highest BCUT2D eigenvalue weighted by Gasteiger charge is 2.30. The Labute approximate surface area is 214 Å². The topological polar surface area (TPSA) is 75.7 Å². The summed E-state index contributed by atoms with van der Waals surface area (Å²) in [4.78, 5) is 13.5. The monoisotopic (exact) mass is 506 g/mol. The minimum atomic E-state index is -4.03. The van der Waals surface area contributed by atoms with Gasteiger partial charge in [-0.15, -0.1) is 0 Å². The molecule has 3 aromatic rings. The summed E-state index contributed by atoms with van der Waals surface area (Å²) in [6, 6.07) is 19.7. The van der Waals surface area contributed by atoms with Crippen molar-refractivity contribution in [3.63, 3.8) is 0 Å². The second-order valence-electron chi connectivity index (χ2n) is 9.26. The summed E-state index contributed by atoms with van der Waals surface area (Å²) in [5, 5.41) is 3.07. The Morgan fingerprint density at radius 3 is 2.39 bits per heavy atom. The number of amides is 1. The number of nitrogens with one attached hydrogen (secondary N) is 1. The van der Waals surface area contributed by atoms with Gasteiger partial charge in [0, 0.05) is 0 Å². The highest BCUT2D eigenvalue weighted by molar-refractivity contribution is 7.92. The summed E-state index contributed by atoms with van der Waals surface area (Å²) in [7, 11) is -2.54. The second-order valence-corrected chi connectivity index (χ2v) is 11.1. The number of benzene rings is 3. The zero-order chi connectivity index (χ0) is 25.7. The normalized spacial score (nSPS) is 14.0. The molecule has 4 rings (SSSR count). The van der Waals surface area contributed by atoms with E-state index in [4.69, 9.17) is 4.74 Å². The van der Waals surface area contributed by atoms with E-state index in [1.54, 1.807) is 48.5 Å². The Morgan fingerprint density at radius 2 is 1.69 bits per heavy atom. The van der Waals surface area contributed by atoms with Gasteiger partial charge >= 0.3 is 0 Å². The first-order valence-electron chi connectivity index (χ1n) is 12.5. The molecule has 0 heterocycles. The molecule has 6 nitrogen and oxygen atoms in total. The van der Waals surface area contributed by atoms with Crippen LogP contribution in [0.1, 0.15) is 54.5 Å². The van der Waals surface area contributed by atoms with Gasteiger partial charge in [0.05, 0.1) is 23.7 Å². The number of hydrogen-bond acceptors (Lipinski definition) is 4. The van der Waals surface area contributed by atoms with Gasteiger partial charge in [-0.05, 0) is 80.0 Å². The molecule has 1 aliphatic carbocycles. The zero-order valence-corrected chi connectivity index (χ0v) is 22.0. The molecule has 3 aromatic carbocycles. The number of carbonyl (C=O) groups excluding carboxylic acids is 1. The van der Waals surface area contributed by atoms with Crippen LogP contribution in [0.25, 0.3) is 0 Å². The lowest BCUT2D eigenvalue weighted by Gasteiger charge is -2.27. The van der Waals surface area contributed by atoms with Crippen LogP contribution in [0.5, 0.6) is 5.75 Å². The summed E-state index contributed by atoms with van der Waals surface area (Å²) >= 11 is 0. The number of rotatable bonds is 9. The SMILES string of the molecule is CC[C@H](NC(=O)CN(c1ccccc1OC)S(=O)(=O)c1ccc(C)cc1)c1ccc2c(c1)CCCC2. The third-order valence-corrected chi connectivity index (χ3v) is 8.54. The van der Waals surface area contributed by atoms with Crippen molar-refractivity contribution in [1.82, 2.24) is 5.32 Å². The molecule has 0 radical (unpaired) electrons. The van der Waals surface area contributed by atoms with E-state index in [0.29, 0.717) is 17.9 Å². The molecule has 0 aliphatic heterocycles. The van der Waals surface area contributed by atoms with Gasteiger partial charge in [0.25, 0.3) is 10.0 Å². The molecule has 7 heteroatoms. The Balaban J connectivity index is 1.63. The van der Waals surface area contributed by atoms with E-state index in [1.807, 2.05) is 13.8 Å². The third-order valence-electron chi connectivity index (χ3n) is 6.77. The van der Waals surface area contributed by atoms with Crippen molar-refractivity contribution in [1.29, 1.82) is 0 Å². The van der Waals surface area contributed by atoms with Crippen molar-refractivity contribution in [3.05, 3.63) is 89.0 Å². The quantitative estimate of drug-likeness (QED) is 0.425. The van der Waals surface area contributed by atoms with Crippen LogP contribution >= 0.6 is 0 Å². The third kappa shape index (κ3) is 5.57. The predicted molar refractivity (Wildman–Crippen MR) is 143 cm³/mol. The standard InChI is InChI=1S/C29H34N2O4S/c1-4-26(24-16-15-22-9-5-6-10-23(22)19-24)30-29(32)20-31(27-11-7-8-12-28(27)35-3)36(33,34)25-17-13-21(2)14-18-25/h7-8,11-19,26H,4-6,9-10,20H2,1-3H3,(H,30,32)/t26-/m0/s1. The summed E-state index contributed by atoms with van der Waals surface area (Å²) in [6.07, 6.45) is 5.26. The fourth-order valence-corrected chi connectivity index (χ4v) is 6.17. The number of hydrogen-bond donors (Lipinski definition) is 1. The molecule has 1 atom stereocenters. The Bertz CT molecular complexity index is 1320. The zero-order valence-electron chi connectivity index (χ0n) is 21.2. The van der Waals surface area contributed by atoms with Gasteiger partial charge in [-0.2, -0.15) is 0 Å². The first kappa shape index (κ1) is 25.8. The average molecular weight is 507 g/mol. The number of methoxy groups -OCH3 is 1. The van der Waals surface area contributed by atoms with Gasteiger partial charge < -0.3 is 10.1 Å². The number of aryl methyl sites for hydroxylation is 3. The average Bonchev–Trinajstić information content (AvgIpc) is 2.90. The maximum absolute atomic E-state index is 13.7. The van der Waals surface area contributed by atoms with E-state index in [2.05, 4.69) is 23.5 Å². The van der Waals surface area contributed by atoms with Crippen molar-refractivity contribution in [3.8, 4) is 5.75 Å². The molecular formula is C29H34N2O4S. The lowest BCUT2D eigenvalue weighted by atomic mass is 9.89. The van der Waals surface area contributed by atoms with E-state index in [-0.39, 0.29) is 23.4 Å². The Morgan fingerprint density at radius 1 is 1.00 bits per heavy atom. The van der Waals surface area contributed by atoms with Crippen LogP contribution in [0.4, 0.5) is 5.69 Å². The molecule has 36 heavy (non-hydrogen) atoms. The smallest absolute Gasteiger partial charge is 0.264 e. The van der Waals surface area contributed by atoms with Gasteiger partial charge in [0.15, 0.2) is 0 Å². The number of anilines is 1. The van der Waals surface area contributed by atoms with E-state index in [9.17, 15) is 13.2 Å². The summed E-state index contributed by atoms with van der Waals surface area (Å²) in [6.45, 7) is 3.55. The number of ether oxygens (including phenoxy) is 1. The van der Waals surface area contributed by atoms with Crippen LogP contribution in [0, 0.1) is 6.92 Å². The molecule has 0 spiro atoms. The molecule has 0 aromatic heterocycles. The first-order chi connectivity index (χ1) is 17.3. The van der Waals surface area contributed by atoms with E-state index in [0.717, 1.165) is 28.3 Å². The molecule has 190 valence electrons. The predicted octanol–water partition coefficient (Wildman–Crippen LogP) is 5.35. The maximum atomic E-state index is 13.7. The summed E-state index contributed by atoms with van der Waals surface area (Å²) in [5.74, 6) is 0.00359. The van der Waals surface area contributed by atoms with Gasteiger partial charge in [0.1, 0.15) is 12.3 Å². The molecule has 1 N–H and O–H groups in total. The van der Waals surface area contributed by atoms with Crippen molar-refractivity contribution in [2.45, 2.75) is 56.9 Å². The lowest BCUT2D eigenvalue weighted by molar-refractivity contribution is -0.120. The van der Waals surface area contributed by atoms with Crippen molar-refractivity contribution in [2.75, 3.05) is 18.0 Å². The number of fused-ring (bicyclic) bond motifs is 1. The number of nitrogens with zero attached hydrogens (tertiary/aromatic N) is 1. The van der Waals surface area contributed by atoms with Crippen LogP contribution in [0.15, 0.2) is 71.6 Å². The minimum Gasteiger partial charge on any atom is -0.495 e. The summed E-state index contributed by atoms with van der Waals surface area (Å²) in [5.41, 5.74) is 5.06. The van der Waals surface area contributed by atoms with E-state index < -0.39 is 10.0 Å². The van der Waals surface area contributed by atoms with Crippen LogP contribution in [-0.4, -0.2) is 28.0 Å². The highest BCUT2D eigenvalue weighted by atomic mass is 32.2. The van der Waals surface area contributed by atoms with Crippen molar-refractivity contribution >= 4 is 21.6 Å². The van der Waals surface area contributed by atoms with Crippen molar-refractivity contribution in [2.24, 2.45) is 0 Å². The van der Waals surface area contributed by atoms with Crippen LogP contribution in [0.2, 0.25) is 0 Å². The maximum Gasteiger partial charge on any atom is 0.264 e. The molecule has 1 aliphatic rings. The second kappa shape index (κ2) is 11.2. The first-order valence-corrected chi connectivity index (χ1v) is 13.9. The number of para-hydroxylation sites is 2. The van der Waals surface area contributed by atoms with Crippen molar-refractivity contribution < 1.29 is 17.9 Å². The fraction of sp³-hybridized carbons (Fsp3) is 0.345. The van der Waals surface area contributed by atoms with Gasteiger partial charge in [-0.1, -0.05) is 55.0 Å². The molecule has 0 bridgehead atoms. The van der Waals surface area contributed by atoms with Gasteiger partial charge in [-0.25, -0.2) is 8.42 Å². The molecular weight excluding hydrogens is 472 g/mol. The molecule has 0 unspecified atom stereocenters. The molecule has 0 saturated carbocycles. The minimum absolute atomic E-state index is 0.119. The van der Waals surface area contributed by atoms with Gasteiger partial charge in [0.2, 0.25) is 5.91 Å². The number of carbonyl (C=O) groups is 1. The molecule has 0 fully saturated rings. The van der Waals surface area contributed by atoms with Crippen LogP contribution in [-0.2, 0) is 27.7 Å².